The Morgan fingerprint density at radius 1 is 0.206 bits per heavy atom. The van der Waals surface area contributed by atoms with Crippen molar-refractivity contribution in [2.24, 2.45) is 0 Å². The number of nitrogens with zero attached hydrogens (tertiary/aromatic N) is 3. The fourth-order valence-corrected chi connectivity index (χ4v) is 9.81. The third kappa shape index (κ3) is 9.02. The lowest BCUT2D eigenvalue weighted by Crippen LogP contribution is -1.93. The third-order valence-electron chi connectivity index (χ3n) is 12.4. The van der Waals surface area contributed by atoms with Crippen LogP contribution in [0, 0.1) is 0 Å². The van der Waals surface area contributed by atoms with Crippen LogP contribution in [0.3, 0.4) is 0 Å². The van der Waals surface area contributed by atoms with Gasteiger partial charge in [0.05, 0.1) is 17.1 Å². The van der Waals surface area contributed by atoms with Crippen molar-refractivity contribution >= 4 is 31.9 Å². The second kappa shape index (κ2) is 19.2. The van der Waals surface area contributed by atoms with E-state index < -0.39 is 0 Å². The predicted octanol–water partition coefficient (Wildman–Crippen LogP) is 18.1. The lowest BCUT2D eigenvalue weighted by molar-refractivity contribution is 1.32. The summed E-state index contributed by atoms with van der Waals surface area (Å²) in [5, 5.41) is 0. The van der Waals surface area contributed by atoms with Crippen molar-refractivity contribution in [3.05, 3.63) is 258 Å². The van der Waals surface area contributed by atoms with Crippen molar-refractivity contribution in [2.75, 3.05) is 0 Å². The first kappa shape index (κ1) is 42.8. The van der Waals surface area contributed by atoms with E-state index in [1.807, 2.05) is 48.9 Å². The number of pyridine rings is 3. The Morgan fingerprint density at radius 3 is 0.853 bits per heavy atom. The van der Waals surface area contributed by atoms with E-state index in [2.05, 4.69) is 232 Å². The van der Waals surface area contributed by atoms with Gasteiger partial charge in [-0.1, -0.05) is 196 Å². The van der Waals surface area contributed by atoms with E-state index in [0.717, 1.165) is 109 Å². The SMILES string of the molecule is Brc1cccc(-c2ccc(-c3ccccc3-c3cc(-c4ccccc4-c4ccc(-c5cccc(Br)c5)nc4)cc(-c4ccccc4-c4ccc(-c5cccc(-c6ccccc6)c5)nc4)c3)cn2)c1. The van der Waals surface area contributed by atoms with Crippen molar-refractivity contribution < 1.29 is 0 Å². The highest BCUT2D eigenvalue weighted by Crippen LogP contribution is 2.42. The summed E-state index contributed by atoms with van der Waals surface area (Å²) in [5.41, 5.74) is 21.4. The van der Waals surface area contributed by atoms with Crippen molar-refractivity contribution in [1.29, 1.82) is 0 Å². The highest BCUT2D eigenvalue weighted by atomic mass is 79.9. The van der Waals surface area contributed by atoms with Crippen LogP contribution in [0.5, 0.6) is 0 Å². The third-order valence-corrected chi connectivity index (χ3v) is 13.4. The molecule has 3 nitrogen and oxygen atoms in total. The summed E-state index contributed by atoms with van der Waals surface area (Å²) in [6.07, 6.45) is 5.99. The largest absolute Gasteiger partial charge is 0.256 e. The van der Waals surface area contributed by atoms with Gasteiger partial charge in [0.2, 0.25) is 0 Å². The van der Waals surface area contributed by atoms with Gasteiger partial charge in [-0.2, -0.15) is 0 Å². The minimum atomic E-state index is 0.924. The van der Waals surface area contributed by atoms with Crippen LogP contribution in [0.2, 0.25) is 0 Å². The summed E-state index contributed by atoms with van der Waals surface area (Å²) in [7, 11) is 0. The number of aromatic nitrogens is 3. The summed E-state index contributed by atoms with van der Waals surface area (Å²) in [5.74, 6) is 0. The van der Waals surface area contributed by atoms with Gasteiger partial charge in [0.15, 0.2) is 0 Å². The molecule has 0 N–H and O–H groups in total. The minimum absolute atomic E-state index is 0.924. The zero-order valence-electron chi connectivity index (χ0n) is 36.8. The molecule has 0 fully saturated rings. The van der Waals surface area contributed by atoms with Crippen molar-refractivity contribution in [3.8, 4) is 112 Å². The lowest BCUT2D eigenvalue weighted by atomic mass is 9.86. The molecular weight excluding hydrogens is 959 g/mol. The van der Waals surface area contributed by atoms with Gasteiger partial charge in [-0.05, 0) is 128 Å². The predicted molar refractivity (Wildman–Crippen MR) is 290 cm³/mol. The molecule has 0 unspecified atom stereocenters. The van der Waals surface area contributed by atoms with E-state index in [0.29, 0.717) is 0 Å². The molecule has 0 aliphatic heterocycles. The maximum absolute atomic E-state index is 5.06. The summed E-state index contributed by atoms with van der Waals surface area (Å²) >= 11 is 7.25. The molecule has 0 spiro atoms. The molecule has 3 aromatic heterocycles. The molecule has 11 aromatic rings. The van der Waals surface area contributed by atoms with Gasteiger partial charge in [0.25, 0.3) is 0 Å². The topological polar surface area (TPSA) is 38.7 Å². The summed E-state index contributed by atoms with van der Waals surface area (Å²) in [6.45, 7) is 0. The molecule has 0 aliphatic carbocycles. The Hall–Kier alpha value is -7.83. The maximum atomic E-state index is 5.06. The van der Waals surface area contributed by atoms with E-state index >= 15 is 0 Å². The molecule has 0 radical (unpaired) electrons. The zero-order chi connectivity index (χ0) is 45.8. The van der Waals surface area contributed by atoms with Crippen LogP contribution in [-0.4, -0.2) is 15.0 Å². The summed E-state index contributed by atoms with van der Waals surface area (Å²) < 4.78 is 2.05. The second-order valence-electron chi connectivity index (χ2n) is 16.7. The maximum Gasteiger partial charge on any atom is 0.0702 e. The van der Waals surface area contributed by atoms with Gasteiger partial charge in [-0.3, -0.25) is 15.0 Å². The van der Waals surface area contributed by atoms with Gasteiger partial charge in [-0.15, -0.1) is 0 Å². The first-order valence-corrected chi connectivity index (χ1v) is 24.1. The molecule has 0 aliphatic rings. The van der Waals surface area contributed by atoms with Crippen LogP contribution in [0.1, 0.15) is 0 Å². The molecule has 0 bridgehead atoms. The van der Waals surface area contributed by atoms with Crippen LogP contribution in [0.15, 0.2) is 258 Å². The van der Waals surface area contributed by atoms with Crippen LogP contribution in [0.25, 0.3) is 112 Å². The van der Waals surface area contributed by atoms with E-state index in [1.54, 1.807) is 0 Å². The molecule has 0 amide bonds. The van der Waals surface area contributed by atoms with Gasteiger partial charge in [0.1, 0.15) is 0 Å². The molecular formula is C63H41Br2N3. The van der Waals surface area contributed by atoms with Crippen LogP contribution >= 0.6 is 31.9 Å². The molecule has 5 heteroatoms. The van der Waals surface area contributed by atoms with E-state index in [9.17, 15) is 0 Å². The van der Waals surface area contributed by atoms with Crippen LogP contribution in [-0.2, 0) is 0 Å². The molecule has 11 rings (SSSR count). The number of halogens is 2. The molecule has 322 valence electrons. The smallest absolute Gasteiger partial charge is 0.0702 e. The molecule has 0 atom stereocenters. The monoisotopic (exact) mass is 997 g/mol. The van der Waals surface area contributed by atoms with E-state index in [1.165, 1.54) is 11.1 Å². The Balaban J connectivity index is 1.03. The summed E-state index contributed by atoms with van der Waals surface area (Å²) in [6, 6.07) is 81.5. The first-order chi connectivity index (χ1) is 33.5. The Kier molecular flexibility index (Phi) is 12.1. The highest BCUT2D eigenvalue weighted by Gasteiger charge is 2.17. The Morgan fingerprint density at radius 2 is 0.500 bits per heavy atom. The fraction of sp³-hybridized carbons (Fsp3) is 0. The van der Waals surface area contributed by atoms with Gasteiger partial charge in [0, 0.05) is 60.9 Å². The van der Waals surface area contributed by atoms with Crippen LogP contribution < -0.4 is 0 Å². The quantitative estimate of drug-likeness (QED) is 0.137. The van der Waals surface area contributed by atoms with E-state index in [4.69, 9.17) is 15.0 Å². The number of hydrogen-bond donors (Lipinski definition) is 0. The summed E-state index contributed by atoms with van der Waals surface area (Å²) in [4.78, 5) is 15.0. The zero-order valence-corrected chi connectivity index (χ0v) is 39.9. The Bertz CT molecular complexity index is 3420. The van der Waals surface area contributed by atoms with Gasteiger partial charge in [-0.25, -0.2) is 0 Å². The van der Waals surface area contributed by atoms with Crippen molar-refractivity contribution in [2.45, 2.75) is 0 Å². The van der Waals surface area contributed by atoms with Gasteiger partial charge < -0.3 is 0 Å². The Labute approximate surface area is 413 Å². The number of rotatable bonds is 10. The highest BCUT2D eigenvalue weighted by molar-refractivity contribution is 9.10. The first-order valence-electron chi connectivity index (χ1n) is 22.5. The van der Waals surface area contributed by atoms with Gasteiger partial charge >= 0.3 is 0 Å². The van der Waals surface area contributed by atoms with Crippen molar-refractivity contribution in [3.63, 3.8) is 0 Å². The molecule has 8 aromatic carbocycles. The average molecular weight is 1000 g/mol. The minimum Gasteiger partial charge on any atom is -0.256 e. The van der Waals surface area contributed by atoms with E-state index in [-0.39, 0.29) is 0 Å². The molecule has 0 saturated carbocycles. The van der Waals surface area contributed by atoms with Crippen LogP contribution in [0.4, 0.5) is 0 Å². The molecule has 0 saturated heterocycles. The second-order valence-corrected chi connectivity index (χ2v) is 18.5. The lowest BCUT2D eigenvalue weighted by Gasteiger charge is -2.18. The average Bonchev–Trinajstić information content (AvgIpc) is 3.41. The molecule has 68 heavy (non-hydrogen) atoms. The molecule has 3 heterocycles. The number of benzene rings is 8. The van der Waals surface area contributed by atoms with Crippen molar-refractivity contribution in [1.82, 2.24) is 15.0 Å². The normalized spacial score (nSPS) is 11.1. The standard InChI is InChI=1S/C63H41Br2N3/c64-53-19-11-17-45(37-53)62-31-28-48(40-67-62)56-22-5-8-25-59(56)51-34-50(35-52(36-51)60-26-9-6-23-57(60)49-29-32-63(68-41-49)46-18-12-20-54(65)38-46)58-24-7-4-21-55(58)47-27-30-61(66-39-47)44-16-10-15-43(33-44)42-13-2-1-3-14-42/h1-41H. The fourth-order valence-electron chi connectivity index (χ4n) is 9.01. The number of hydrogen-bond acceptors (Lipinski definition) is 3.